The second kappa shape index (κ2) is 48.3. The maximum atomic E-state index is 11.8. The average Bonchev–Trinajstić information content (AvgIpc) is 3.69. The van der Waals surface area contributed by atoms with Crippen LogP contribution in [0.25, 0.3) is 0 Å². The summed E-state index contributed by atoms with van der Waals surface area (Å²) >= 11 is 3.00. The van der Waals surface area contributed by atoms with Gasteiger partial charge in [-0.25, -0.2) is 19.2 Å². The molecule has 4 aromatic carbocycles. The maximum Gasteiger partial charge on any atom is 0.523 e. The first-order valence-electron chi connectivity index (χ1n) is 25.9. The Bertz CT molecular complexity index is 2590. The van der Waals surface area contributed by atoms with Crippen molar-refractivity contribution in [1.29, 1.82) is 0 Å². The smallest absolute Gasteiger partial charge is 0.504 e. The quantitative estimate of drug-likeness (QED) is 0.00580. The van der Waals surface area contributed by atoms with Crippen LogP contribution in [0, 0.1) is 0 Å². The summed E-state index contributed by atoms with van der Waals surface area (Å²) in [6.45, 7) is 14.0. The van der Waals surface area contributed by atoms with E-state index in [2.05, 4.69) is 20.1 Å². The van der Waals surface area contributed by atoms with Crippen molar-refractivity contribution in [2.75, 3.05) is 132 Å². The Morgan fingerprint density at radius 3 is 1.09 bits per heavy atom. The van der Waals surface area contributed by atoms with Gasteiger partial charge in [-0.15, -0.1) is 0 Å². The van der Waals surface area contributed by atoms with Crippen LogP contribution in [0.3, 0.4) is 0 Å². The Labute approximate surface area is 500 Å². The summed E-state index contributed by atoms with van der Waals surface area (Å²) in [5.74, 6) is -0.408. The van der Waals surface area contributed by atoms with E-state index in [0.29, 0.717) is 98.9 Å². The van der Waals surface area contributed by atoms with Crippen LogP contribution in [-0.2, 0) is 47.5 Å². The monoisotopic (exact) mass is 1310 g/mol. The van der Waals surface area contributed by atoms with Gasteiger partial charge in [0.2, 0.25) is 0 Å². The highest BCUT2D eigenvalue weighted by atomic mass is 79.9. The SMILES string of the molecule is CCOC(=O)c1ccc(O)c(O)c1.CCOC(=O)c1ccc(OCCO)c(O)c1.CCOC(=O)c1ccc(OCCO)c(OCCOC)c1.CCOCCOc1ccc(C(=O)OCC)cc1OCCOC.CCOS(=O)(=O)C(F)(F)F.OCCBr. The van der Waals surface area contributed by atoms with Crippen LogP contribution in [0.1, 0.15) is 83.0 Å². The second-order valence-electron chi connectivity index (χ2n) is 15.2. The minimum Gasteiger partial charge on any atom is -0.504 e. The van der Waals surface area contributed by atoms with Gasteiger partial charge in [0.15, 0.2) is 46.0 Å². The molecule has 0 atom stereocenters. The number of rotatable bonds is 30. The predicted molar refractivity (Wildman–Crippen MR) is 304 cm³/mol. The van der Waals surface area contributed by atoms with Crippen molar-refractivity contribution in [3.63, 3.8) is 0 Å². The third kappa shape index (κ3) is 35.2. The molecular weight excluding hydrogens is 1230 g/mol. The molecule has 30 heteroatoms. The number of hydrogen-bond acceptors (Lipinski definition) is 25. The molecule has 0 heterocycles. The van der Waals surface area contributed by atoms with E-state index in [1.165, 1.54) is 30.3 Å². The minimum absolute atomic E-state index is 0.0896. The zero-order valence-corrected chi connectivity index (χ0v) is 50.9. The van der Waals surface area contributed by atoms with E-state index in [0.717, 1.165) is 13.0 Å². The number of methoxy groups -OCH3 is 2. The van der Waals surface area contributed by atoms with Gasteiger partial charge in [0.1, 0.15) is 33.0 Å². The van der Waals surface area contributed by atoms with Crippen molar-refractivity contribution in [3.05, 3.63) is 95.1 Å². The molecule has 0 aromatic heterocycles. The van der Waals surface area contributed by atoms with Crippen molar-refractivity contribution in [1.82, 2.24) is 0 Å². The molecule has 0 aliphatic heterocycles. The van der Waals surface area contributed by atoms with Gasteiger partial charge in [-0.3, -0.25) is 4.18 Å². The van der Waals surface area contributed by atoms with Crippen LogP contribution in [0.2, 0.25) is 0 Å². The average molecular weight is 1310 g/mol. The molecule has 0 amide bonds. The summed E-state index contributed by atoms with van der Waals surface area (Å²) < 4.78 is 119. The third-order valence-corrected chi connectivity index (χ3v) is 10.5. The fourth-order valence-electron chi connectivity index (χ4n) is 5.37. The number of phenols is 3. The van der Waals surface area contributed by atoms with Crippen molar-refractivity contribution in [3.8, 4) is 46.0 Å². The maximum absolute atomic E-state index is 11.8. The summed E-state index contributed by atoms with van der Waals surface area (Å²) in [6, 6.07) is 17.7. The minimum atomic E-state index is -5.35. The highest BCUT2D eigenvalue weighted by Gasteiger charge is 2.47. The van der Waals surface area contributed by atoms with Gasteiger partial charge in [0.25, 0.3) is 0 Å². The fourth-order valence-corrected chi connectivity index (χ4v) is 5.81. The number of ether oxygens (including phenoxy) is 12. The summed E-state index contributed by atoms with van der Waals surface area (Å²) in [6.07, 6.45) is 0. The van der Waals surface area contributed by atoms with Crippen LogP contribution in [-0.4, -0.2) is 200 Å². The highest BCUT2D eigenvalue weighted by molar-refractivity contribution is 9.09. The number of halogens is 4. The number of hydrogen-bond donors (Lipinski definition) is 6. The first kappa shape index (κ1) is 80.2. The van der Waals surface area contributed by atoms with E-state index < -0.39 is 40.1 Å². The van der Waals surface area contributed by atoms with Gasteiger partial charge in [0.05, 0.1) is 94.9 Å². The molecule has 25 nitrogen and oxygen atoms in total. The number of aliphatic hydroxyl groups is 3. The molecule has 0 saturated carbocycles. The number of esters is 4. The lowest BCUT2D eigenvalue weighted by molar-refractivity contribution is -0.0539. The lowest BCUT2D eigenvalue weighted by Crippen LogP contribution is -2.25. The molecule has 6 N–H and O–H groups in total. The van der Waals surface area contributed by atoms with E-state index in [4.69, 9.17) is 82.4 Å². The van der Waals surface area contributed by atoms with Gasteiger partial charge in [-0.1, -0.05) is 15.9 Å². The van der Waals surface area contributed by atoms with E-state index in [1.807, 2.05) is 6.92 Å². The molecule has 85 heavy (non-hydrogen) atoms. The lowest BCUT2D eigenvalue weighted by atomic mass is 10.2. The lowest BCUT2D eigenvalue weighted by Gasteiger charge is -2.14. The zero-order valence-electron chi connectivity index (χ0n) is 48.5. The van der Waals surface area contributed by atoms with Crippen LogP contribution >= 0.6 is 15.9 Å². The number of benzene rings is 4. The van der Waals surface area contributed by atoms with Crippen LogP contribution in [0.15, 0.2) is 72.8 Å². The summed E-state index contributed by atoms with van der Waals surface area (Å²) in [5, 5.41) is 53.4. The molecule has 482 valence electrons. The zero-order chi connectivity index (χ0) is 64.6. The molecule has 0 spiro atoms. The largest absolute Gasteiger partial charge is 0.523 e. The molecule has 0 fully saturated rings. The molecule has 0 saturated heterocycles. The van der Waals surface area contributed by atoms with Crippen LogP contribution in [0.5, 0.6) is 46.0 Å². The molecule has 0 bridgehead atoms. The van der Waals surface area contributed by atoms with Crippen molar-refractivity contribution in [2.45, 2.75) is 47.1 Å². The molecule has 0 unspecified atom stereocenters. The Balaban J connectivity index is 0. The third-order valence-electron chi connectivity index (χ3n) is 8.98. The van der Waals surface area contributed by atoms with Crippen LogP contribution < -0.4 is 23.7 Å². The molecule has 0 radical (unpaired) electrons. The Morgan fingerprint density at radius 2 is 0.776 bits per heavy atom. The topological polar surface area (TPSA) is 344 Å². The molecule has 4 aromatic rings. The number of aliphatic hydroxyl groups excluding tert-OH is 3. The number of aromatic hydroxyl groups is 3. The summed E-state index contributed by atoms with van der Waals surface area (Å²) in [7, 11) is -2.18. The van der Waals surface area contributed by atoms with Crippen molar-refractivity contribution in [2.24, 2.45) is 0 Å². The number of alkyl halides is 4. The van der Waals surface area contributed by atoms with Gasteiger partial charge >= 0.3 is 39.5 Å². The van der Waals surface area contributed by atoms with Crippen LogP contribution in [0.4, 0.5) is 13.2 Å². The Hall–Kier alpha value is -6.90. The number of phenolic OH excluding ortho intramolecular Hbond substituents is 3. The Kier molecular flexibility index (Phi) is 45.6. The fraction of sp³-hybridized carbons (Fsp3) is 0.491. The summed E-state index contributed by atoms with van der Waals surface area (Å²) in [4.78, 5) is 45.8. The molecule has 0 aliphatic rings. The normalized spacial score (nSPS) is 10.3. The first-order valence-corrected chi connectivity index (χ1v) is 28.4. The molecule has 4 rings (SSSR count). The van der Waals surface area contributed by atoms with Gasteiger partial charge in [-0.05, 0) is 114 Å². The molecule has 0 aliphatic carbocycles. The second-order valence-corrected chi connectivity index (χ2v) is 17.6. The van der Waals surface area contributed by atoms with E-state index in [1.54, 1.807) is 78.3 Å². The molecular formula is C55H78BrF3O25S. The van der Waals surface area contributed by atoms with Gasteiger partial charge in [0, 0.05) is 26.2 Å². The number of carbonyl (C=O) groups excluding carboxylic acids is 4. The van der Waals surface area contributed by atoms with Gasteiger partial charge in [-0.2, -0.15) is 21.6 Å². The summed E-state index contributed by atoms with van der Waals surface area (Å²) in [5.41, 5.74) is -4.02. The van der Waals surface area contributed by atoms with Crippen molar-refractivity contribution < 1.29 is 132 Å². The number of carbonyl (C=O) groups is 4. The first-order chi connectivity index (χ1) is 40.5. The van der Waals surface area contributed by atoms with Crippen molar-refractivity contribution >= 4 is 49.9 Å². The standard InChI is InChI=1S/C16H24O6.C14H20O6.C11H14O5.C9H10O4.C3H5F3O3S.C2H5BrO/c1-4-19-9-11-21-14-7-6-13(16(17)20-5-2)12-15(14)22-10-8-18-3;1-3-18-14(16)11-4-5-12(19-7-6-15)13(10-11)20-9-8-17-2;1-2-15-11(14)8-3-4-10(9(13)7-8)16-6-5-12;1-2-13-9(12)6-3-4-7(10)8(11)5-6;1-2-9-10(7,8)3(4,5)6;3-1-2-4/h6-7,12H,4-5,8-11H2,1-3H3;4-5,10,15H,3,6-9H2,1-2H3;3-4,7,12-13H,2,5-6H2,1H3;3-5,10-11H,2H2,1H3;2H2,1H3;4H,1-2H2. The van der Waals surface area contributed by atoms with E-state index in [-0.39, 0.29) is 86.3 Å². The Morgan fingerprint density at radius 1 is 0.435 bits per heavy atom. The highest BCUT2D eigenvalue weighted by Crippen LogP contribution is 2.31. The predicted octanol–water partition coefficient (Wildman–Crippen LogP) is 7.02. The van der Waals surface area contributed by atoms with E-state index >= 15 is 0 Å². The van der Waals surface area contributed by atoms with E-state index in [9.17, 15) is 45.9 Å². The van der Waals surface area contributed by atoms with Gasteiger partial charge < -0.3 is 87.5 Å².